The highest BCUT2D eigenvalue weighted by Crippen LogP contribution is 2.27. The zero-order valence-electron chi connectivity index (χ0n) is 22.3. The van der Waals surface area contributed by atoms with Crippen LogP contribution in [0.2, 0.25) is 0 Å². The summed E-state index contributed by atoms with van der Waals surface area (Å²) in [6, 6.07) is 21.4. The molecule has 0 radical (unpaired) electrons. The number of hydrogen-bond donors (Lipinski definition) is 1. The Morgan fingerprint density at radius 1 is 0.947 bits per heavy atom. The largest absolute Gasteiger partial charge is 0.497 e. The third-order valence-corrected chi connectivity index (χ3v) is 8.00. The fourth-order valence-corrected chi connectivity index (χ4v) is 5.48. The van der Waals surface area contributed by atoms with Crippen LogP contribution in [0.4, 0.5) is 5.69 Å². The average Bonchev–Trinajstić information content (AvgIpc) is 2.94. The third kappa shape index (κ3) is 6.92. The lowest BCUT2D eigenvalue weighted by Crippen LogP contribution is -2.51. The number of nitrogens with zero attached hydrogens (tertiary/aromatic N) is 2. The molecule has 0 unspecified atom stereocenters. The number of nitrogens with one attached hydrogen (secondary N) is 1. The van der Waals surface area contributed by atoms with E-state index in [1.165, 1.54) is 17.0 Å². The van der Waals surface area contributed by atoms with Crippen LogP contribution in [0.5, 0.6) is 5.75 Å². The predicted octanol–water partition coefficient (Wildman–Crippen LogP) is 4.14. The van der Waals surface area contributed by atoms with Gasteiger partial charge < -0.3 is 15.0 Å². The highest BCUT2D eigenvalue weighted by molar-refractivity contribution is 7.92. The van der Waals surface area contributed by atoms with Gasteiger partial charge in [-0.3, -0.25) is 13.9 Å². The number of amides is 2. The van der Waals surface area contributed by atoms with Crippen molar-refractivity contribution in [2.24, 2.45) is 0 Å². The van der Waals surface area contributed by atoms with Crippen LogP contribution in [0.3, 0.4) is 0 Å². The molecule has 1 atom stereocenters. The number of sulfonamides is 1. The molecular weight excluding hydrogens is 502 g/mol. The molecule has 0 fully saturated rings. The highest BCUT2D eigenvalue weighted by atomic mass is 32.2. The summed E-state index contributed by atoms with van der Waals surface area (Å²) in [5.74, 6) is -0.134. The van der Waals surface area contributed by atoms with Gasteiger partial charge in [0.25, 0.3) is 10.0 Å². The number of carbonyl (C=O) groups is 2. The summed E-state index contributed by atoms with van der Waals surface area (Å²) in [6.45, 7) is 5.52. The van der Waals surface area contributed by atoms with Gasteiger partial charge in [0.05, 0.1) is 17.7 Å². The molecule has 0 heterocycles. The monoisotopic (exact) mass is 537 g/mol. The zero-order valence-corrected chi connectivity index (χ0v) is 23.1. The normalized spacial score (nSPS) is 11.9. The van der Waals surface area contributed by atoms with Crippen LogP contribution in [0.1, 0.15) is 31.4 Å². The second kappa shape index (κ2) is 13.1. The summed E-state index contributed by atoms with van der Waals surface area (Å²) in [5, 5.41) is 2.84. The summed E-state index contributed by atoms with van der Waals surface area (Å²) >= 11 is 0. The predicted molar refractivity (Wildman–Crippen MR) is 148 cm³/mol. The minimum atomic E-state index is -4.08. The molecule has 0 bridgehead atoms. The molecule has 3 aromatic carbocycles. The van der Waals surface area contributed by atoms with Gasteiger partial charge in [0, 0.05) is 13.1 Å². The number of rotatable bonds is 12. The van der Waals surface area contributed by atoms with E-state index < -0.39 is 28.5 Å². The Labute approximate surface area is 225 Å². The van der Waals surface area contributed by atoms with Gasteiger partial charge in [-0.25, -0.2) is 8.42 Å². The van der Waals surface area contributed by atoms with Crippen molar-refractivity contribution in [3.8, 4) is 5.75 Å². The highest BCUT2D eigenvalue weighted by Gasteiger charge is 2.32. The molecule has 3 rings (SSSR count). The zero-order chi connectivity index (χ0) is 27.7. The first-order valence-electron chi connectivity index (χ1n) is 12.5. The van der Waals surface area contributed by atoms with E-state index in [1.807, 2.05) is 25.1 Å². The number of aryl methyl sites for hydroxylation is 1. The molecule has 0 saturated heterocycles. The maximum atomic E-state index is 13.9. The van der Waals surface area contributed by atoms with E-state index in [2.05, 4.69) is 5.32 Å². The molecule has 8 nitrogen and oxygen atoms in total. The van der Waals surface area contributed by atoms with E-state index in [0.29, 0.717) is 23.5 Å². The van der Waals surface area contributed by atoms with E-state index in [4.69, 9.17) is 4.74 Å². The van der Waals surface area contributed by atoms with Crippen molar-refractivity contribution in [1.29, 1.82) is 0 Å². The Balaban J connectivity index is 2.01. The molecule has 1 N–H and O–H groups in total. The van der Waals surface area contributed by atoms with E-state index in [1.54, 1.807) is 69.5 Å². The SMILES string of the molecule is CCCNC(=O)[C@H](C)N(Cc1ccc(OC)cc1)C(=O)CN(c1ccccc1C)S(=O)(=O)c1ccccc1. The lowest BCUT2D eigenvalue weighted by molar-refractivity contribution is -0.139. The first kappa shape index (κ1) is 28.7. The van der Waals surface area contributed by atoms with Crippen LogP contribution in [-0.2, 0) is 26.2 Å². The lowest BCUT2D eigenvalue weighted by atomic mass is 10.1. The van der Waals surface area contributed by atoms with E-state index >= 15 is 0 Å². The van der Waals surface area contributed by atoms with Gasteiger partial charge >= 0.3 is 0 Å². The minimum Gasteiger partial charge on any atom is -0.497 e. The number of para-hydroxylation sites is 1. The number of benzene rings is 3. The van der Waals surface area contributed by atoms with Crippen molar-refractivity contribution in [2.75, 3.05) is 24.5 Å². The number of anilines is 1. The summed E-state index contributed by atoms with van der Waals surface area (Å²) < 4.78 is 33.9. The van der Waals surface area contributed by atoms with Crippen molar-refractivity contribution in [3.63, 3.8) is 0 Å². The molecule has 202 valence electrons. The van der Waals surface area contributed by atoms with Gasteiger partial charge in [0.2, 0.25) is 11.8 Å². The molecule has 0 aliphatic carbocycles. The van der Waals surface area contributed by atoms with Crippen molar-refractivity contribution in [1.82, 2.24) is 10.2 Å². The fraction of sp³-hybridized carbons (Fsp3) is 0.310. The Bertz CT molecular complexity index is 1330. The van der Waals surface area contributed by atoms with E-state index in [-0.39, 0.29) is 17.3 Å². The molecule has 0 aliphatic heterocycles. The molecule has 38 heavy (non-hydrogen) atoms. The van der Waals surface area contributed by atoms with Gasteiger partial charge in [0.1, 0.15) is 18.3 Å². The smallest absolute Gasteiger partial charge is 0.264 e. The number of hydrogen-bond acceptors (Lipinski definition) is 5. The van der Waals surface area contributed by atoms with Crippen LogP contribution in [0.25, 0.3) is 0 Å². The first-order chi connectivity index (χ1) is 18.2. The summed E-state index contributed by atoms with van der Waals surface area (Å²) in [6.07, 6.45) is 0.751. The summed E-state index contributed by atoms with van der Waals surface area (Å²) in [5.41, 5.74) is 1.88. The Morgan fingerprint density at radius 2 is 1.58 bits per heavy atom. The van der Waals surface area contributed by atoms with Crippen molar-refractivity contribution >= 4 is 27.5 Å². The van der Waals surface area contributed by atoms with E-state index in [9.17, 15) is 18.0 Å². The molecular formula is C29H35N3O5S. The molecule has 3 aromatic rings. The van der Waals surface area contributed by atoms with Gasteiger partial charge in [-0.15, -0.1) is 0 Å². The van der Waals surface area contributed by atoms with E-state index in [0.717, 1.165) is 16.3 Å². The maximum absolute atomic E-state index is 13.9. The molecule has 0 aromatic heterocycles. The third-order valence-electron chi connectivity index (χ3n) is 6.22. The van der Waals surface area contributed by atoms with Gasteiger partial charge in [-0.05, 0) is 61.7 Å². The Kier molecular flexibility index (Phi) is 9.90. The Morgan fingerprint density at radius 3 is 2.18 bits per heavy atom. The number of ether oxygens (including phenoxy) is 1. The average molecular weight is 538 g/mol. The first-order valence-corrected chi connectivity index (χ1v) is 14.0. The number of methoxy groups -OCH3 is 1. The second-order valence-electron chi connectivity index (χ2n) is 8.95. The van der Waals surface area contributed by atoms with Crippen molar-refractivity contribution < 1.29 is 22.7 Å². The topological polar surface area (TPSA) is 96.0 Å². The minimum absolute atomic E-state index is 0.0755. The lowest BCUT2D eigenvalue weighted by Gasteiger charge is -2.32. The maximum Gasteiger partial charge on any atom is 0.264 e. The number of carbonyl (C=O) groups excluding carboxylic acids is 2. The van der Waals surface area contributed by atoms with Crippen LogP contribution in [0.15, 0.2) is 83.8 Å². The van der Waals surface area contributed by atoms with Crippen LogP contribution in [-0.4, -0.2) is 51.4 Å². The summed E-state index contributed by atoms with van der Waals surface area (Å²) in [7, 11) is -2.51. The van der Waals surface area contributed by atoms with Crippen molar-refractivity contribution in [3.05, 3.63) is 90.0 Å². The quantitative estimate of drug-likeness (QED) is 0.375. The molecule has 2 amide bonds. The fourth-order valence-electron chi connectivity index (χ4n) is 3.98. The van der Waals surface area contributed by atoms with Crippen LogP contribution >= 0.6 is 0 Å². The molecule has 0 saturated carbocycles. The van der Waals surface area contributed by atoms with Gasteiger partial charge in [0.15, 0.2) is 0 Å². The van der Waals surface area contributed by atoms with Crippen LogP contribution < -0.4 is 14.4 Å². The molecule has 0 spiro atoms. The van der Waals surface area contributed by atoms with Crippen LogP contribution in [0, 0.1) is 6.92 Å². The van der Waals surface area contributed by atoms with Gasteiger partial charge in [-0.1, -0.05) is 55.5 Å². The van der Waals surface area contributed by atoms with Gasteiger partial charge in [-0.2, -0.15) is 0 Å². The molecule has 9 heteroatoms. The second-order valence-corrected chi connectivity index (χ2v) is 10.8. The summed E-state index contributed by atoms with van der Waals surface area (Å²) in [4.78, 5) is 28.3. The van der Waals surface area contributed by atoms with Crippen molar-refractivity contribution in [2.45, 2.75) is 44.7 Å². The Hall–Kier alpha value is -3.85. The standard InChI is InChI=1S/C29H35N3O5S/c1-5-19-30-29(34)23(3)31(20-24-15-17-25(37-4)18-16-24)28(33)21-32(27-14-10-9-11-22(27)2)38(35,36)26-12-7-6-8-13-26/h6-18,23H,5,19-21H2,1-4H3,(H,30,34)/t23-/m0/s1. The molecule has 0 aliphatic rings.